The third kappa shape index (κ3) is 6.25. The highest BCUT2D eigenvalue weighted by atomic mass is 32.2. The van der Waals surface area contributed by atoms with Gasteiger partial charge in [-0.05, 0) is 68.1 Å². The van der Waals surface area contributed by atoms with Gasteiger partial charge in [0.05, 0.1) is 4.90 Å². The van der Waals surface area contributed by atoms with Crippen molar-refractivity contribution in [3.8, 4) is 0 Å². The Hall–Kier alpha value is -1.51. The van der Waals surface area contributed by atoms with Gasteiger partial charge in [0.25, 0.3) is 0 Å². The standard InChI is InChI=1S/C20H29N3O3S2/c24-19(14-15-6-4-5-7-15)22-20(27)21-16-10-12-18(13-11-16)28(25,26)23-17-8-2-1-3-9-17/h10-13,15,17,23H,1-9,14H2,(H2,21,22,24,27). The summed E-state index contributed by atoms with van der Waals surface area (Å²) in [5, 5.41) is 5.88. The first-order chi connectivity index (χ1) is 13.4. The lowest BCUT2D eigenvalue weighted by Gasteiger charge is -2.22. The lowest BCUT2D eigenvalue weighted by Crippen LogP contribution is -2.36. The predicted octanol–water partition coefficient (Wildman–Crippen LogP) is 3.69. The average Bonchev–Trinajstić information content (AvgIpc) is 3.15. The maximum Gasteiger partial charge on any atom is 0.240 e. The maximum absolute atomic E-state index is 12.5. The second kappa shape index (κ2) is 9.80. The molecule has 1 aromatic rings. The van der Waals surface area contributed by atoms with Crippen LogP contribution in [0.1, 0.15) is 64.2 Å². The highest BCUT2D eigenvalue weighted by Gasteiger charge is 2.22. The molecule has 0 spiro atoms. The van der Waals surface area contributed by atoms with E-state index in [1.807, 2.05) is 0 Å². The van der Waals surface area contributed by atoms with E-state index in [1.54, 1.807) is 24.3 Å². The number of hydrogen-bond donors (Lipinski definition) is 3. The van der Waals surface area contributed by atoms with Crippen molar-refractivity contribution in [2.45, 2.75) is 75.1 Å². The van der Waals surface area contributed by atoms with Crippen LogP contribution >= 0.6 is 12.2 Å². The fourth-order valence-electron chi connectivity index (χ4n) is 4.04. The number of anilines is 1. The summed E-state index contributed by atoms with van der Waals surface area (Å²) >= 11 is 5.19. The van der Waals surface area contributed by atoms with Gasteiger partial charge >= 0.3 is 0 Å². The number of benzene rings is 1. The second-order valence-electron chi connectivity index (χ2n) is 7.84. The minimum absolute atomic E-state index is 0.0270. The minimum atomic E-state index is -3.52. The van der Waals surface area contributed by atoms with E-state index in [2.05, 4.69) is 15.4 Å². The SMILES string of the molecule is O=C(CC1CCCC1)NC(=S)Nc1ccc(S(=O)(=O)NC2CCCCC2)cc1. The predicted molar refractivity (Wildman–Crippen MR) is 115 cm³/mol. The van der Waals surface area contributed by atoms with E-state index >= 15 is 0 Å². The molecule has 0 heterocycles. The van der Waals surface area contributed by atoms with E-state index in [4.69, 9.17) is 12.2 Å². The van der Waals surface area contributed by atoms with E-state index in [0.717, 1.165) is 38.5 Å². The second-order valence-corrected chi connectivity index (χ2v) is 9.96. The van der Waals surface area contributed by atoms with Gasteiger partial charge in [0.2, 0.25) is 15.9 Å². The Morgan fingerprint density at radius 3 is 2.21 bits per heavy atom. The summed E-state index contributed by atoms with van der Waals surface area (Å²) in [4.78, 5) is 12.3. The van der Waals surface area contributed by atoms with Crippen LogP contribution in [0.3, 0.4) is 0 Å². The molecule has 0 aliphatic heterocycles. The van der Waals surface area contributed by atoms with Crippen molar-refractivity contribution in [2.75, 3.05) is 5.32 Å². The number of nitrogens with one attached hydrogen (secondary N) is 3. The van der Waals surface area contributed by atoms with Crippen LogP contribution in [-0.2, 0) is 14.8 Å². The average molecular weight is 424 g/mol. The molecule has 3 N–H and O–H groups in total. The lowest BCUT2D eigenvalue weighted by molar-refractivity contribution is -0.120. The van der Waals surface area contributed by atoms with Crippen LogP contribution in [0, 0.1) is 5.92 Å². The zero-order valence-electron chi connectivity index (χ0n) is 16.1. The largest absolute Gasteiger partial charge is 0.332 e. The molecule has 2 fully saturated rings. The van der Waals surface area contributed by atoms with E-state index in [9.17, 15) is 13.2 Å². The Bertz CT molecular complexity index is 781. The number of sulfonamides is 1. The van der Waals surface area contributed by atoms with Crippen LogP contribution < -0.4 is 15.4 Å². The third-order valence-corrected chi connectivity index (χ3v) is 7.29. The summed E-state index contributed by atoms with van der Waals surface area (Å²) in [6, 6.07) is 6.45. The number of thiocarbonyl (C=S) groups is 1. The maximum atomic E-state index is 12.5. The van der Waals surface area contributed by atoms with Crippen LogP contribution in [0.5, 0.6) is 0 Å². The molecule has 6 nitrogen and oxygen atoms in total. The molecule has 154 valence electrons. The van der Waals surface area contributed by atoms with Crippen LogP contribution in [0.4, 0.5) is 5.69 Å². The van der Waals surface area contributed by atoms with Crippen LogP contribution in [0.15, 0.2) is 29.2 Å². The summed E-state index contributed by atoms with van der Waals surface area (Å²) in [7, 11) is -3.52. The van der Waals surface area contributed by atoms with E-state index in [1.165, 1.54) is 19.3 Å². The molecule has 0 aromatic heterocycles. The van der Waals surface area contributed by atoms with Gasteiger partial charge in [-0.2, -0.15) is 0 Å². The number of hydrogen-bond acceptors (Lipinski definition) is 4. The van der Waals surface area contributed by atoms with Crippen molar-refractivity contribution in [3.05, 3.63) is 24.3 Å². The van der Waals surface area contributed by atoms with Crippen molar-refractivity contribution in [1.29, 1.82) is 0 Å². The monoisotopic (exact) mass is 423 g/mol. The van der Waals surface area contributed by atoms with Crippen LogP contribution in [0.25, 0.3) is 0 Å². The summed E-state index contributed by atoms with van der Waals surface area (Å²) in [5.41, 5.74) is 0.641. The van der Waals surface area contributed by atoms with Crippen molar-refractivity contribution in [3.63, 3.8) is 0 Å². The molecule has 8 heteroatoms. The highest BCUT2D eigenvalue weighted by molar-refractivity contribution is 7.89. The Morgan fingerprint density at radius 2 is 1.57 bits per heavy atom. The molecule has 2 aliphatic rings. The van der Waals surface area contributed by atoms with Gasteiger partial charge in [-0.1, -0.05) is 32.1 Å². The zero-order valence-corrected chi connectivity index (χ0v) is 17.7. The van der Waals surface area contributed by atoms with Crippen LogP contribution in [-0.4, -0.2) is 25.5 Å². The Labute approximate surface area is 172 Å². The number of carbonyl (C=O) groups excluding carboxylic acids is 1. The van der Waals surface area contributed by atoms with Gasteiger partial charge in [0, 0.05) is 18.2 Å². The van der Waals surface area contributed by atoms with Crippen molar-refractivity contribution in [2.24, 2.45) is 5.92 Å². The number of carbonyl (C=O) groups is 1. The first kappa shape index (κ1) is 21.2. The van der Waals surface area contributed by atoms with Gasteiger partial charge < -0.3 is 10.6 Å². The summed E-state index contributed by atoms with van der Waals surface area (Å²) in [5.74, 6) is 0.393. The van der Waals surface area contributed by atoms with E-state index in [0.29, 0.717) is 18.0 Å². The van der Waals surface area contributed by atoms with Gasteiger partial charge in [-0.15, -0.1) is 0 Å². The summed E-state index contributed by atoms with van der Waals surface area (Å²) < 4.78 is 27.9. The number of rotatable bonds is 6. The fourth-order valence-corrected chi connectivity index (χ4v) is 5.58. The Morgan fingerprint density at radius 1 is 0.964 bits per heavy atom. The molecule has 0 unspecified atom stereocenters. The third-order valence-electron chi connectivity index (χ3n) is 5.55. The molecule has 3 rings (SSSR count). The molecule has 28 heavy (non-hydrogen) atoms. The van der Waals surface area contributed by atoms with Gasteiger partial charge in [0.15, 0.2) is 5.11 Å². The zero-order chi connectivity index (χ0) is 20.0. The van der Waals surface area contributed by atoms with Gasteiger partial charge in [0.1, 0.15) is 0 Å². The molecule has 2 aliphatic carbocycles. The van der Waals surface area contributed by atoms with Gasteiger partial charge in [-0.3, -0.25) is 4.79 Å². The van der Waals surface area contributed by atoms with E-state index < -0.39 is 10.0 Å². The Kier molecular flexibility index (Phi) is 7.42. The fraction of sp³-hybridized carbons (Fsp3) is 0.600. The topological polar surface area (TPSA) is 87.3 Å². The molecular weight excluding hydrogens is 394 g/mol. The minimum Gasteiger partial charge on any atom is -0.332 e. The van der Waals surface area contributed by atoms with Gasteiger partial charge in [-0.25, -0.2) is 13.1 Å². The normalized spacial score (nSPS) is 18.7. The molecule has 1 amide bonds. The highest BCUT2D eigenvalue weighted by Crippen LogP contribution is 2.27. The quantitative estimate of drug-likeness (QED) is 0.608. The molecule has 1 aromatic carbocycles. The molecule has 2 saturated carbocycles. The molecule has 0 atom stereocenters. The summed E-state index contributed by atoms with van der Waals surface area (Å²) in [6.07, 6.45) is 10.2. The van der Waals surface area contributed by atoms with Crippen molar-refractivity contribution < 1.29 is 13.2 Å². The smallest absolute Gasteiger partial charge is 0.240 e. The van der Waals surface area contributed by atoms with Crippen LogP contribution in [0.2, 0.25) is 0 Å². The first-order valence-corrected chi connectivity index (χ1v) is 12.0. The molecule has 0 saturated heterocycles. The molecule has 0 radical (unpaired) electrons. The number of amides is 1. The molecular formula is C20H29N3O3S2. The first-order valence-electron chi connectivity index (χ1n) is 10.2. The Balaban J connectivity index is 1.50. The lowest BCUT2D eigenvalue weighted by atomic mass is 9.96. The van der Waals surface area contributed by atoms with Crippen molar-refractivity contribution >= 4 is 38.9 Å². The van der Waals surface area contributed by atoms with Crippen molar-refractivity contribution in [1.82, 2.24) is 10.0 Å². The summed E-state index contributed by atoms with van der Waals surface area (Å²) in [6.45, 7) is 0. The van der Waals surface area contributed by atoms with E-state index in [-0.39, 0.29) is 22.0 Å². The molecule has 0 bridgehead atoms.